The molecule has 2 rings (SSSR count). The summed E-state index contributed by atoms with van der Waals surface area (Å²) in [6.07, 6.45) is 3.29. The van der Waals surface area contributed by atoms with E-state index >= 15 is 0 Å². The molecule has 0 amide bonds. The first kappa shape index (κ1) is 15.9. The SMILES string of the molecule is CCNc1nc(NCC2(O)CCC(C)CC2)c(F)cc1F. The van der Waals surface area contributed by atoms with Crippen molar-refractivity contribution in [3.63, 3.8) is 0 Å². The third-order valence-electron chi connectivity index (χ3n) is 4.06. The minimum absolute atomic E-state index is 0.0191. The average Bonchev–Trinajstić information content (AvgIpc) is 2.44. The van der Waals surface area contributed by atoms with Crippen LogP contribution in [0, 0.1) is 17.6 Å². The van der Waals surface area contributed by atoms with Gasteiger partial charge in [0.2, 0.25) is 0 Å². The molecule has 21 heavy (non-hydrogen) atoms. The number of nitrogens with one attached hydrogen (secondary N) is 2. The molecule has 0 unspecified atom stereocenters. The van der Waals surface area contributed by atoms with Crippen LogP contribution in [0.2, 0.25) is 0 Å². The second kappa shape index (κ2) is 6.56. The number of hydrogen-bond donors (Lipinski definition) is 3. The maximum Gasteiger partial charge on any atom is 0.168 e. The van der Waals surface area contributed by atoms with Gasteiger partial charge in [0.15, 0.2) is 23.3 Å². The highest BCUT2D eigenvalue weighted by atomic mass is 19.1. The number of rotatable bonds is 5. The van der Waals surface area contributed by atoms with Crippen molar-refractivity contribution in [1.29, 1.82) is 0 Å². The van der Waals surface area contributed by atoms with Gasteiger partial charge in [0.05, 0.1) is 5.60 Å². The standard InChI is InChI=1S/C15H23F2N3O/c1-3-18-13-11(16)8-12(17)14(20-13)19-9-15(21)6-4-10(2)5-7-15/h8,10,21H,3-7,9H2,1-2H3,(H2,18,19,20). The van der Waals surface area contributed by atoms with E-state index in [0.29, 0.717) is 25.3 Å². The van der Waals surface area contributed by atoms with Gasteiger partial charge in [-0.2, -0.15) is 0 Å². The number of halogens is 2. The molecule has 0 aliphatic heterocycles. The number of nitrogens with zero attached hydrogens (tertiary/aromatic N) is 1. The van der Waals surface area contributed by atoms with Crippen LogP contribution in [0.3, 0.4) is 0 Å². The Balaban J connectivity index is 2.04. The van der Waals surface area contributed by atoms with Gasteiger partial charge in [0.1, 0.15) is 0 Å². The summed E-state index contributed by atoms with van der Waals surface area (Å²) in [5.74, 6) is -0.858. The summed E-state index contributed by atoms with van der Waals surface area (Å²) in [7, 11) is 0. The molecule has 1 saturated carbocycles. The van der Waals surface area contributed by atoms with E-state index in [0.717, 1.165) is 18.9 Å². The molecule has 118 valence electrons. The average molecular weight is 299 g/mol. The van der Waals surface area contributed by atoms with Gasteiger partial charge in [-0.15, -0.1) is 0 Å². The molecule has 0 bridgehead atoms. The fourth-order valence-electron chi connectivity index (χ4n) is 2.61. The van der Waals surface area contributed by atoms with E-state index in [-0.39, 0.29) is 18.2 Å². The molecule has 1 aliphatic carbocycles. The van der Waals surface area contributed by atoms with E-state index in [4.69, 9.17) is 0 Å². The lowest BCUT2D eigenvalue weighted by atomic mass is 9.79. The Morgan fingerprint density at radius 3 is 2.38 bits per heavy atom. The molecule has 0 saturated heterocycles. The van der Waals surface area contributed by atoms with Crippen LogP contribution in [-0.2, 0) is 0 Å². The van der Waals surface area contributed by atoms with E-state index in [1.54, 1.807) is 0 Å². The summed E-state index contributed by atoms with van der Waals surface area (Å²) in [5, 5.41) is 16.0. The molecule has 6 heteroatoms. The van der Waals surface area contributed by atoms with Crippen LogP contribution in [0.1, 0.15) is 39.5 Å². The highest BCUT2D eigenvalue weighted by Crippen LogP contribution is 2.32. The van der Waals surface area contributed by atoms with Crippen LogP contribution >= 0.6 is 0 Å². The van der Waals surface area contributed by atoms with Gasteiger partial charge in [-0.05, 0) is 38.5 Å². The molecule has 0 aromatic carbocycles. The Morgan fingerprint density at radius 2 is 1.81 bits per heavy atom. The van der Waals surface area contributed by atoms with Crippen LogP contribution in [0.15, 0.2) is 6.07 Å². The van der Waals surface area contributed by atoms with E-state index in [1.807, 2.05) is 6.92 Å². The molecule has 0 spiro atoms. The Morgan fingerprint density at radius 1 is 1.24 bits per heavy atom. The second-order valence-electron chi connectivity index (χ2n) is 5.94. The van der Waals surface area contributed by atoms with E-state index in [2.05, 4.69) is 22.5 Å². The van der Waals surface area contributed by atoms with Crippen molar-refractivity contribution in [3.05, 3.63) is 17.7 Å². The first-order chi connectivity index (χ1) is 9.93. The summed E-state index contributed by atoms with van der Waals surface area (Å²) in [6.45, 7) is 4.69. The number of anilines is 2. The van der Waals surface area contributed by atoms with E-state index < -0.39 is 17.2 Å². The topological polar surface area (TPSA) is 57.2 Å². The number of aliphatic hydroxyl groups is 1. The van der Waals surface area contributed by atoms with E-state index in [1.165, 1.54) is 0 Å². The Labute approximate surface area is 124 Å². The third-order valence-corrected chi connectivity index (χ3v) is 4.06. The molecular weight excluding hydrogens is 276 g/mol. The maximum atomic E-state index is 13.7. The number of hydrogen-bond acceptors (Lipinski definition) is 4. The van der Waals surface area contributed by atoms with Gasteiger partial charge in [0.25, 0.3) is 0 Å². The van der Waals surface area contributed by atoms with Crippen molar-refractivity contribution in [1.82, 2.24) is 4.98 Å². The lowest BCUT2D eigenvalue weighted by molar-refractivity contribution is 0.00490. The minimum atomic E-state index is -0.840. The molecule has 1 fully saturated rings. The van der Waals surface area contributed by atoms with E-state index in [9.17, 15) is 13.9 Å². The lowest BCUT2D eigenvalue weighted by Gasteiger charge is -2.35. The smallest absolute Gasteiger partial charge is 0.168 e. The molecule has 0 radical (unpaired) electrons. The van der Waals surface area contributed by atoms with Gasteiger partial charge in [-0.3, -0.25) is 0 Å². The van der Waals surface area contributed by atoms with Crippen LogP contribution in [0.25, 0.3) is 0 Å². The molecule has 1 aromatic heterocycles. The van der Waals surface area contributed by atoms with Gasteiger partial charge < -0.3 is 15.7 Å². The van der Waals surface area contributed by atoms with Crippen molar-refractivity contribution >= 4 is 11.6 Å². The highest BCUT2D eigenvalue weighted by molar-refractivity contribution is 5.47. The maximum absolute atomic E-state index is 13.7. The molecule has 3 N–H and O–H groups in total. The van der Waals surface area contributed by atoms with Crippen molar-refractivity contribution in [2.75, 3.05) is 23.7 Å². The minimum Gasteiger partial charge on any atom is -0.388 e. The fourth-order valence-corrected chi connectivity index (χ4v) is 2.61. The summed E-state index contributed by atoms with van der Waals surface area (Å²) >= 11 is 0. The lowest BCUT2D eigenvalue weighted by Crippen LogP contribution is -2.40. The molecule has 1 aromatic rings. The summed E-state index contributed by atoms with van der Waals surface area (Å²) < 4.78 is 27.2. The van der Waals surface area contributed by atoms with Gasteiger partial charge in [0, 0.05) is 19.2 Å². The largest absolute Gasteiger partial charge is 0.388 e. The summed E-state index contributed by atoms with van der Waals surface area (Å²) in [5.41, 5.74) is -0.840. The quantitative estimate of drug-likeness (QED) is 0.782. The molecule has 4 nitrogen and oxygen atoms in total. The fraction of sp³-hybridized carbons (Fsp3) is 0.667. The zero-order chi connectivity index (χ0) is 15.5. The van der Waals surface area contributed by atoms with Gasteiger partial charge >= 0.3 is 0 Å². The monoisotopic (exact) mass is 299 g/mol. The Kier molecular flexibility index (Phi) is 4.98. The first-order valence-electron chi connectivity index (χ1n) is 7.49. The molecule has 1 heterocycles. The summed E-state index contributed by atoms with van der Waals surface area (Å²) in [4.78, 5) is 3.91. The molecular formula is C15H23F2N3O. The van der Waals surface area contributed by atoms with Crippen molar-refractivity contribution in [3.8, 4) is 0 Å². The third kappa shape index (κ3) is 4.03. The van der Waals surface area contributed by atoms with Crippen molar-refractivity contribution in [2.45, 2.75) is 45.1 Å². The predicted molar refractivity (Wildman–Crippen MR) is 79.4 cm³/mol. The first-order valence-corrected chi connectivity index (χ1v) is 7.49. The van der Waals surface area contributed by atoms with Crippen LogP contribution in [0.4, 0.5) is 20.4 Å². The van der Waals surface area contributed by atoms with Crippen LogP contribution in [0.5, 0.6) is 0 Å². The van der Waals surface area contributed by atoms with Crippen molar-refractivity contribution < 1.29 is 13.9 Å². The Bertz CT molecular complexity index is 488. The zero-order valence-corrected chi connectivity index (χ0v) is 12.5. The van der Waals surface area contributed by atoms with Crippen LogP contribution < -0.4 is 10.6 Å². The number of pyridine rings is 1. The highest BCUT2D eigenvalue weighted by Gasteiger charge is 2.31. The van der Waals surface area contributed by atoms with Crippen molar-refractivity contribution in [2.24, 2.45) is 5.92 Å². The Hall–Kier alpha value is -1.43. The summed E-state index contributed by atoms with van der Waals surface area (Å²) in [6, 6.07) is 0.806. The second-order valence-corrected chi connectivity index (χ2v) is 5.94. The van der Waals surface area contributed by atoms with Gasteiger partial charge in [-0.1, -0.05) is 6.92 Å². The predicted octanol–water partition coefficient (Wildman–Crippen LogP) is 3.14. The molecule has 1 aliphatic rings. The zero-order valence-electron chi connectivity index (χ0n) is 12.5. The molecule has 0 atom stereocenters. The number of aromatic nitrogens is 1. The normalized spacial score (nSPS) is 25.7. The van der Waals surface area contributed by atoms with Crippen LogP contribution in [-0.4, -0.2) is 28.8 Å². The van der Waals surface area contributed by atoms with Gasteiger partial charge in [-0.25, -0.2) is 13.8 Å².